The summed E-state index contributed by atoms with van der Waals surface area (Å²) < 4.78 is 24.1. The van der Waals surface area contributed by atoms with Crippen molar-refractivity contribution < 1.29 is 23.3 Å². The van der Waals surface area contributed by atoms with Crippen molar-refractivity contribution in [2.24, 2.45) is 5.16 Å². The van der Waals surface area contributed by atoms with Crippen molar-refractivity contribution in [3.05, 3.63) is 40.4 Å². The molecule has 0 atom stereocenters. The third-order valence-electron chi connectivity index (χ3n) is 2.88. The van der Waals surface area contributed by atoms with Crippen LogP contribution in [0.2, 0.25) is 5.02 Å². The summed E-state index contributed by atoms with van der Waals surface area (Å²) in [6, 6.07) is 4.13. The monoisotopic (exact) mass is 340 g/mol. The van der Waals surface area contributed by atoms with Crippen LogP contribution in [0.5, 0.6) is 0 Å². The molecule has 0 saturated carbocycles. The number of aromatic nitrogens is 1. The van der Waals surface area contributed by atoms with Gasteiger partial charge >= 0.3 is 5.97 Å². The van der Waals surface area contributed by atoms with E-state index in [0.717, 1.165) is 0 Å². The van der Waals surface area contributed by atoms with Gasteiger partial charge in [0.2, 0.25) is 5.90 Å². The number of hydrogen-bond acceptors (Lipinski definition) is 6. The summed E-state index contributed by atoms with van der Waals surface area (Å²) in [6.07, 6.45) is 0. The molecule has 0 amide bonds. The Kier molecular flexibility index (Phi) is 5.33. The van der Waals surface area contributed by atoms with Crippen LogP contribution < -0.4 is 0 Å². The van der Waals surface area contributed by atoms with Gasteiger partial charge in [-0.15, -0.1) is 0 Å². The fraction of sp³-hybridized carbons (Fsp3) is 0.267. The molecule has 0 unspecified atom stereocenters. The van der Waals surface area contributed by atoms with Gasteiger partial charge in [-0.05, 0) is 31.1 Å². The molecule has 0 radical (unpaired) electrons. The zero-order valence-corrected chi connectivity index (χ0v) is 13.5. The Balaban J connectivity index is 2.40. The fourth-order valence-corrected chi connectivity index (χ4v) is 2.15. The van der Waals surface area contributed by atoms with Crippen molar-refractivity contribution in [2.45, 2.75) is 20.8 Å². The molecule has 6 nitrogen and oxygen atoms in total. The van der Waals surface area contributed by atoms with E-state index in [9.17, 15) is 9.18 Å². The minimum atomic E-state index is -0.850. The standard InChI is InChI=1S/C15H14ClFN2O4/c1-4-21-9(3)18-23-15(20)12-8(2)22-19-14(12)13-10(16)6-5-7-11(13)17/h5-7H,4H2,1-3H3/b18-9+. The number of hydrogen-bond donors (Lipinski definition) is 0. The zero-order valence-electron chi connectivity index (χ0n) is 12.7. The third-order valence-corrected chi connectivity index (χ3v) is 3.19. The maximum Gasteiger partial charge on any atom is 0.371 e. The van der Waals surface area contributed by atoms with E-state index in [-0.39, 0.29) is 33.5 Å². The first kappa shape index (κ1) is 17.0. The van der Waals surface area contributed by atoms with E-state index in [2.05, 4.69) is 10.3 Å². The number of halogens is 2. The van der Waals surface area contributed by atoms with Crippen LogP contribution in [0.15, 0.2) is 27.9 Å². The molecule has 0 aliphatic heterocycles. The first-order valence-electron chi connectivity index (χ1n) is 6.75. The molecule has 1 heterocycles. The highest BCUT2D eigenvalue weighted by Crippen LogP contribution is 2.33. The number of rotatable bonds is 4. The summed E-state index contributed by atoms with van der Waals surface area (Å²) in [5.74, 6) is -1.14. The zero-order chi connectivity index (χ0) is 17.0. The minimum Gasteiger partial charge on any atom is -0.479 e. The molecule has 0 aliphatic carbocycles. The Hall–Kier alpha value is -2.41. The van der Waals surface area contributed by atoms with Gasteiger partial charge in [-0.3, -0.25) is 0 Å². The highest BCUT2D eigenvalue weighted by atomic mass is 35.5. The average molecular weight is 341 g/mol. The summed E-state index contributed by atoms with van der Waals surface area (Å²) in [4.78, 5) is 17.0. The molecule has 0 fully saturated rings. The average Bonchev–Trinajstić information content (AvgIpc) is 2.87. The van der Waals surface area contributed by atoms with Gasteiger partial charge in [0.15, 0.2) is 0 Å². The summed E-state index contributed by atoms with van der Waals surface area (Å²) in [6.45, 7) is 5.19. The third kappa shape index (κ3) is 3.68. The molecular weight excluding hydrogens is 327 g/mol. The predicted molar refractivity (Wildman–Crippen MR) is 81.8 cm³/mol. The molecule has 0 N–H and O–H groups in total. The Labute approximate surface area is 136 Å². The molecule has 23 heavy (non-hydrogen) atoms. The van der Waals surface area contributed by atoms with E-state index < -0.39 is 11.8 Å². The van der Waals surface area contributed by atoms with Crippen LogP contribution in [-0.4, -0.2) is 23.6 Å². The smallest absolute Gasteiger partial charge is 0.371 e. The number of carbonyl (C=O) groups excluding carboxylic acids is 1. The summed E-state index contributed by atoms with van der Waals surface area (Å²) in [5, 5.41) is 7.35. The summed E-state index contributed by atoms with van der Waals surface area (Å²) in [7, 11) is 0. The number of carbonyl (C=O) groups is 1. The molecule has 2 rings (SSSR count). The van der Waals surface area contributed by atoms with Gasteiger partial charge in [0, 0.05) is 6.92 Å². The first-order valence-corrected chi connectivity index (χ1v) is 7.12. The first-order chi connectivity index (χ1) is 11.0. The molecular formula is C15H14ClFN2O4. The maximum atomic E-state index is 14.0. The molecule has 0 spiro atoms. The largest absolute Gasteiger partial charge is 0.479 e. The van der Waals surface area contributed by atoms with Crippen LogP contribution >= 0.6 is 11.6 Å². The maximum absolute atomic E-state index is 14.0. The number of nitrogens with zero attached hydrogens (tertiary/aromatic N) is 2. The van der Waals surface area contributed by atoms with Crippen molar-refractivity contribution in [1.29, 1.82) is 0 Å². The van der Waals surface area contributed by atoms with Gasteiger partial charge in [-0.1, -0.05) is 22.8 Å². The Bertz CT molecular complexity index is 738. The van der Waals surface area contributed by atoms with Gasteiger partial charge < -0.3 is 14.1 Å². The molecule has 2 aromatic rings. The van der Waals surface area contributed by atoms with Gasteiger partial charge in [0.05, 0.1) is 17.2 Å². The summed E-state index contributed by atoms with van der Waals surface area (Å²) in [5.41, 5.74) is -0.131. The number of benzene rings is 1. The van der Waals surface area contributed by atoms with E-state index >= 15 is 0 Å². The van der Waals surface area contributed by atoms with E-state index in [4.69, 9.17) is 25.7 Å². The normalized spacial score (nSPS) is 11.4. The molecule has 122 valence electrons. The Morgan fingerprint density at radius 3 is 2.87 bits per heavy atom. The van der Waals surface area contributed by atoms with Crippen LogP contribution in [0, 0.1) is 12.7 Å². The lowest BCUT2D eigenvalue weighted by Gasteiger charge is -2.05. The van der Waals surface area contributed by atoms with Crippen LogP contribution in [0.4, 0.5) is 4.39 Å². The lowest BCUT2D eigenvalue weighted by molar-refractivity contribution is 0.0500. The van der Waals surface area contributed by atoms with Crippen LogP contribution in [0.1, 0.15) is 30.0 Å². The van der Waals surface area contributed by atoms with Crippen LogP contribution in [0.3, 0.4) is 0 Å². The fourth-order valence-electron chi connectivity index (χ4n) is 1.89. The van der Waals surface area contributed by atoms with E-state index in [1.165, 1.54) is 32.0 Å². The lowest BCUT2D eigenvalue weighted by atomic mass is 10.1. The van der Waals surface area contributed by atoms with Crippen LogP contribution in [0.25, 0.3) is 11.3 Å². The Morgan fingerprint density at radius 2 is 2.22 bits per heavy atom. The lowest BCUT2D eigenvalue weighted by Crippen LogP contribution is -2.07. The number of ether oxygens (including phenoxy) is 1. The van der Waals surface area contributed by atoms with Gasteiger partial charge in [0.25, 0.3) is 0 Å². The second-order valence-electron chi connectivity index (χ2n) is 4.48. The van der Waals surface area contributed by atoms with Crippen molar-refractivity contribution in [3.8, 4) is 11.3 Å². The van der Waals surface area contributed by atoms with Gasteiger partial charge in [-0.25, -0.2) is 9.18 Å². The SMILES string of the molecule is CCO/C(C)=N/OC(=O)c1c(-c2c(F)cccc2Cl)noc1C. The number of oxime groups is 1. The molecule has 1 aromatic carbocycles. The highest BCUT2D eigenvalue weighted by Gasteiger charge is 2.26. The van der Waals surface area contributed by atoms with Gasteiger partial charge in [0.1, 0.15) is 22.8 Å². The topological polar surface area (TPSA) is 73.9 Å². The molecule has 1 aromatic heterocycles. The molecule has 8 heteroatoms. The van der Waals surface area contributed by atoms with Crippen molar-refractivity contribution >= 4 is 23.5 Å². The van der Waals surface area contributed by atoms with E-state index in [1.54, 1.807) is 6.92 Å². The summed E-state index contributed by atoms with van der Waals surface area (Å²) >= 11 is 6.00. The van der Waals surface area contributed by atoms with Crippen LogP contribution in [-0.2, 0) is 9.57 Å². The second-order valence-corrected chi connectivity index (χ2v) is 4.89. The van der Waals surface area contributed by atoms with Crippen molar-refractivity contribution in [1.82, 2.24) is 5.16 Å². The molecule has 0 bridgehead atoms. The van der Waals surface area contributed by atoms with Crippen molar-refractivity contribution in [3.63, 3.8) is 0 Å². The van der Waals surface area contributed by atoms with Gasteiger partial charge in [-0.2, -0.15) is 0 Å². The highest BCUT2D eigenvalue weighted by molar-refractivity contribution is 6.33. The number of aryl methyl sites for hydroxylation is 1. The van der Waals surface area contributed by atoms with E-state index in [0.29, 0.717) is 6.61 Å². The second kappa shape index (κ2) is 7.23. The molecule has 0 saturated heterocycles. The predicted octanol–water partition coefficient (Wildman–Crippen LogP) is 3.97. The van der Waals surface area contributed by atoms with E-state index in [1.807, 2.05) is 0 Å². The molecule has 0 aliphatic rings. The minimum absolute atomic E-state index is 0.0384. The quantitative estimate of drug-likeness (QED) is 0.364. The van der Waals surface area contributed by atoms with Crippen molar-refractivity contribution in [2.75, 3.05) is 6.61 Å². The Morgan fingerprint density at radius 1 is 1.48 bits per heavy atom.